The maximum Gasteiger partial charge on any atom is 0.224 e. The molecule has 1 unspecified atom stereocenters. The Kier molecular flexibility index (Phi) is 4.62. The van der Waals surface area contributed by atoms with Crippen LogP contribution in [-0.2, 0) is 9.53 Å². The molecule has 0 bridgehead atoms. The first kappa shape index (κ1) is 13.8. The Balaban J connectivity index is 1.89. The van der Waals surface area contributed by atoms with Gasteiger partial charge < -0.3 is 15.4 Å². The fourth-order valence-corrected chi connectivity index (χ4v) is 3.07. The van der Waals surface area contributed by atoms with E-state index in [1.807, 2.05) is 11.8 Å². The van der Waals surface area contributed by atoms with Gasteiger partial charge in [-0.1, -0.05) is 19.3 Å². The van der Waals surface area contributed by atoms with E-state index in [0.29, 0.717) is 6.42 Å². The molecule has 2 rings (SSSR count). The zero-order valence-electron chi connectivity index (χ0n) is 11.5. The molecule has 1 saturated carbocycles. The number of carbonyl (C=O) groups excluding carboxylic acids is 1. The summed E-state index contributed by atoms with van der Waals surface area (Å²) in [7, 11) is 0. The predicted molar refractivity (Wildman–Crippen MR) is 71.2 cm³/mol. The summed E-state index contributed by atoms with van der Waals surface area (Å²) in [5.74, 6) is 0.219. The average molecular weight is 254 g/mol. The molecule has 0 aromatic rings. The van der Waals surface area contributed by atoms with Gasteiger partial charge in [0, 0.05) is 31.7 Å². The Labute approximate surface area is 110 Å². The van der Waals surface area contributed by atoms with Crippen LogP contribution in [0.25, 0.3) is 0 Å². The van der Waals surface area contributed by atoms with Gasteiger partial charge in [0.2, 0.25) is 5.91 Å². The van der Waals surface area contributed by atoms with Crippen molar-refractivity contribution in [1.82, 2.24) is 4.90 Å². The van der Waals surface area contributed by atoms with E-state index in [1.165, 1.54) is 19.3 Å². The number of carbonyl (C=O) groups is 1. The molecule has 0 aromatic carbocycles. The van der Waals surface area contributed by atoms with Crippen molar-refractivity contribution in [2.24, 2.45) is 5.73 Å². The van der Waals surface area contributed by atoms with Gasteiger partial charge in [0.15, 0.2) is 0 Å². The summed E-state index contributed by atoms with van der Waals surface area (Å²) in [6.45, 7) is 4.33. The highest BCUT2D eigenvalue weighted by Gasteiger charge is 2.32. The van der Waals surface area contributed by atoms with Gasteiger partial charge in [-0.3, -0.25) is 4.79 Å². The van der Waals surface area contributed by atoms with Crippen LogP contribution in [0.5, 0.6) is 0 Å². The van der Waals surface area contributed by atoms with Crippen LogP contribution in [0, 0.1) is 0 Å². The molecule has 2 N–H and O–H groups in total. The molecule has 4 nitrogen and oxygen atoms in total. The minimum Gasteiger partial charge on any atom is -0.377 e. The summed E-state index contributed by atoms with van der Waals surface area (Å²) >= 11 is 0. The molecule has 1 aliphatic heterocycles. The third-order valence-electron chi connectivity index (χ3n) is 4.16. The number of nitrogens with zero attached hydrogens (tertiary/aromatic N) is 1. The Morgan fingerprint density at radius 1 is 1.33 bits per heavy atom. The van der Waals surface area contributed by atoms with Crippen LogP contribution in [0.15, 0.2) is 0 Å². The Hall–Kier alpha value is -0.610. The number of hydrogen-bond acceptors (Lipinski definition) is 3. The van der Waals surface area contributed by atoms with Crippen molar-refractivity contribution in [3.8, 4) is 0 Å². The number of rotatable bonds is 2. The van der Waals surface area contributed by atoms with Gasteiger partial charge in [-0.25, -0.2) is 0 Å². The lowest BCUT2D eigenvalue weighted by Crippen LogP contribution is -2.47. The molecule has 2 aliphatic rings. The molecule has 0 aromatic heterocycles. The molecule has 4 heteroatoms. The predicted octanol–water partition coefficient (Wildman–Crippen LogP) is 1.68. The highest BCUT2D eigenvalue weighted by molar-refractivity contribution is 5.77. The Bertz CT molecular complexity index is 288. The highest BCUT2D eigenvalue weighted by Crippen LogP contribution is 2.29. The normalized spacial score (nSPS) is 28.8. The van der Waals surface area contributed by atoms with Crippen molar-refractivity contribution in [3.05, 3.63) is 0 Å². The van der Waals surface area contributed by atoms with Gasteiger partial charge in [0.1, 0.15) is 0 Å². The molecule has 1 heterocycles. The minimum atomic E-state index is -0.244. The third kappa shape index (κ3) is 3.69. The summed E-state index contributed by atoms with van der Waals surface area (Å²) in [4.78, 5) is 14.3. The van der Waals surface area contributed by atoms with Gasteiger partial charge in [-0.05, 0) is 26.2 Å². The van der Waals surface area contributed by atoms with Crippen LogP contribution in [-0.4, -0.2) is 42.1 Å². The summed E-state index contributed by atoms with van der Waals surface area (Å²) in [6.07, 6.45) is 7.20. The monoisotopic (exact) mass is 254 g/mol. The topological polar surface area (TPSA) is 55.6 Å². The fraction of sp³-hybridized carbons (Fsp3) is 0.929. The zero-order valence-corrected chi connectivity index (χ0v) is 11.5. The molecule has 1 aliphatic carbocycles. The minimum absolute atomic E-state index is 0.150. The second-order valence-electron chi connectivity index (χ2n) is 5.97. The standard InChI is InChI=1S/C14H26N2O2/c1-12-11-16(8-5-9-18-12)13(17)10-14(15)6-3-2-4-7-14/h12H,2-11,15H2,1H3. The first-order valence-corrected chi connectivity index (χ1v) is 7.27. The largest absolute Gasteiger partial charge is 0.377 e. The van der Waals surface area contributed by atoms with Crippen LogP contribution >= 0.6 is 0 Å². The molecule has 2 fully saturated rings. The van der Waals surface area contributed by atoms with Gasteiger partial charge in [-0.2, -0.15) is 0 Å². The fourth-order valence-electron chi connectivity index (χ4n) is 3.07. The van der Waals surface area contributed by atoms with Crippen LogP contribution in [0.1, 0.15) is 51.9 Å². The highest BCUT2D eigenvalue weighted by atomic mass is 16.5. The lowest BCUT2D eigenvalue weighted by Gasteiger charge is -2.35. The van der Waals surface area contributed by atoms with Crippen LogP contribution < -0.4 is 5.73 Å². The van der Waals surface area contributed by atoms with E-state index in [4.69, 9.17) is 10.5 Å². The van der Waals surface area contributed by atoms with Gasteiger partial charge in [-0.15, -0.1) is 0 Å². The first-order valence-electron chi connectivity index (χ1n) is 7.27. The Morgan fingerprint density at radius 2 is 2.06 bits per heavy atom. The van der Waals surface area contributed by atoms with Gasteiger partial charge in [0.05, 0.1) is 6.10 Å². The molecular formula is C14H26N2O2. The van der Waals surface area contributed by atoms with Crippen LogP contribution in [0.2, 0.25) is 0 Å². The van der Waals surface area contributed by atoms with E-state index in [0.717, 1.165) is 39.0 Å². The second-order valence-corrected chi connectivity index (χ2v) is 5.97. The number of nitrogens with two attached hydrogens (primary N) is 1. The van der Waals surface area contributed by atoms with E-state index in [2.05, 4.69) is 0 Å². The quantitative estimate of drug-likeness (QED) is 0.815. The maximum absolute atomic E-state index is 12.4. The smallest absolute Gasteiger partial charge is 0.224 e. The number of hydrogen-bond donors (Lipinski definition) is 1. The molecule has 18 heavy (non-hydrogen) atoms. The van der Waals surface area contributed by atoms with Crippen molar-refractivity contribution in [3.63, 3.8) is 0 Å². The van der Waals surface area contributed by atoms with E-state index >= 15 is 0 Å². The SMILES string of the molecule is CC1CN(C(=O)CC2(N)CCCCC2)CCCO1. The molecule has 1 saturated heterocycles. The second kappa shape index (κ2) is 6.02. The lowest BCUT2D eigenvalue weighted by atomic mass is 9.80. The van der Waals surface area contributed by atoms with E-state index in [1.54, 1.807) is 0 Å². The van der Waals surface area contributed by atoms with Crippen molar-refractivity contribution < 1.29 is 9.53 Å². The van der Waals surface area contributed by atoms with Crippen LogP contribution in [0.3, 0.4) is 0 Å². The molecule has 1 atom stereocenters. The summed E-state index contributed by atoms with van der Waals surface area (Å²) in [6, 6.07) is 0. The maximum atomic E-state index is 12.4. The van der Waals surface area contributed by atoms with Crippen molar-refractivity contribution in [2.75, 3.05) is 19.7 Å². The number of ether oxygens (including phenoxy) is 1. The summed E-state index contributed by atoms with van der Waals surface area (Å²) in [5, 5.41) is 0. The van der Waals surface area contributed by atoms with E-state index < -0.39 is 0 Å². The van der Waals surface area contributed by atoms with Gasteiger partial charge in [0.25, 0.3) is 0 Å². The summed E-state index contributed by atoms with van der Waals surface area (Å²) in [5.41, 5.74) is 6.12. The molecule has 0 spiro atoms. The summed E-state index contributed by atoms with van der Waals surface area (Å²) < 4.78 is 5.57. The first-order chi connectivity index (χ1) is 8.59. The number of amides is 1. The van der Waals surface area contributed by atoms with E-state index in [-0.39, 0.29) is 17.6 Å². The van der Waals surface area contributed by atoms with Gasteiger partial charge >= 0.3 is 0 Å². The molecule has 1 amide bonds. The third-order valence-corrected chi connectivity index (χ3v) is 4.16. The van der Waals surface area contributed by atoms with Crippen molar-refractivity contribution >= 4 is 5.91 Å². The zero-order chi connectivity index (χ0) is 13.0. The average Bonchev–Trinajstić information content (AvgIpc) is 2.54. The molecule has 104 valence electrons. The van der Waals surface area contributed by atoms with Crippen molar-refractivity contribution in [2.45, 2.75) is 63.5 Å². The Morgan fingerprint density at radius 3 is 2.78 bits per heavy atom. The lowest BCUT2D eigenvalue weighted by molar-refractivity contribution is -0.133. The molecular weight excluding hydrogens is 228 g/mol. The van der Waals surface area contributed by atoms with Crippen molar-refractivity contribution in [1.29, 1.82) is 0 Å². The molecule has 0 radical (unpaired) electrons. The van der Waals surface area contributed by atoms with Crippen LogP contribution in [0.4, 0.5) is 0 Å². The van der Waals surface area contributed by atoms with E-state index in [9.17, 15) is 4.79 Å².